The number of rotatable bonds is 2. The van der Waals surface area contributed by atoms with Crippen LogP contribution in [-0.4, -0.2) is 47.3 Å². The summed E-state index contributed by atoms with van der Waals surface area (Å²) in [6.45, 7) is 2.91. The standard InChI is InChI=1S/C14H19NO4/c1-9-8-15(6-5-12(9)16)14(18)11-7-10(19-2)3-4-13(11)17/h3-4,7,9,12,16-17H,5-6,8H2,1-2H3. The van der Waals surface area contributed by atoms with Crippen LogP contribution in [0.2, 0.25) is 0 Å². The summed E-state index contributed by atoms with van der Waals surface area (Å²) >= 11 is 0. The van der Waals surface area contributed by atoms with E-state index in [1.807, 2.05) is 6.92 Å². The van der Waals surface area contributed by atoms with Gasteiger partial charge >= 0.3 is 0 Å². The van der Waals surface area contributed by atoms with Crippen molar-refractivity contribution in [3.05, 3.63) is 23.8 Å². The van der Waals surface area contributed by atoms with Crippen molar-refractivity contribution >= 4 is 5.91 Å². The minimum atomic E-state index is -0.358. The summed E-state index contributed by atoms with van der Waals surface area (Å²) in [5, 5.41) is 19.5. The zero-order valence-electron chi connectivity index (χ0n) is 11.2. The van der Waals surface area contributed by atoms with E-state index in [0.717, 1.165) is 0 Å². The molecule has 1 aliphatic rings. The van der Waals surface area contributed by atoms with E-state index in [4.69, 9.17) is 4.74 Å². The smallest absolute Gasteiger partial charge is 0.257 e. The predicted molar refractivity (Wildman–Crippen MR) is 70.4 cm³/mol. The lowest BCUT2D eigenvalue weighted by molar-refractivity contribution is 0.0296. The van der Waals surface area contributed by atoms with Crippen molar-refractivity contribution in [1.29, 1.82) is 0 Å². The Morgan fingerprint density at radius 2 is 2.21 bits per heavy atom. The zero-order valence-corrected chi connectivity index (χ0v) is 11.2. The van der Waals surface area contributed by atoms with E-state index in [2.05, 4.69) is 0 Å². The molecule has 2 N–H and O–H groups in total. The van der Waals surface area contributed by atoms with Crippen molar-refractivity contribution in [3.63, 3.8) is 0 Å². The van der Waals surface area contributed by atoms with Gasteiger partial charge in [0.1, 0.15) is 11.5 Å². The van der Waals surface area contributed by atoms with Crippen LogP contribution in [-0.2, 0) is 0 Å². The van der Waals surface area contributed by atoms with Crippen molar-refractivity contribution in [2.45, 2.75) is 19.4 Å². The van der Waals surface area contributed by atoms with E-state index in [-0.39, 0.29) is 29.2 Å². The van der Waals surface area contributed by atoms with Crippen molar-refractivity contribution in [2.24, 2.45) is 5.92 Å². The molecule has 2 rings (SSSR count). The van der Waals surface area contributed by atoms with Gasteiger partial charge in [0.2, 0.25) is 0 Å². The van der Waals surface area contributed by atoms with Crippen LogP contribution in [0.5, 0.6) is 11.5 Å². The number of carbonyl (C=O) groups excluding carboxylic acids is 1. The fraction of sp³-hybridized carbons (Fsp3) is 0.500. The highest BCUT2D eigenvalue weighted by Gasteiger charge is 2.28. The van der Waals surface area contributed by atoms with Gasteiger partial charge in [-0.3, -0.25) is 4.79 Å². The molecule has 2 atom stereocenters. The topological polar surface area (TPSA) is 70.0 Å². The molecule has 0 aliphatic carbocycles. The Morgan fingerprint density at radius 1 is 1.47 bits per heavy atom. The molecule has 5 nitrogen and oxygen atoms in total. The maximum absolute atomic E-state index is 12.4. The minimum absolute atomic E-state index is 0.0467. The molecule has 1 aromatic carbocycles. The molecule has 1 amide bonds. The summed E-state index contributed by atoms with van der Waals surface area (Å²) in [7, 11) is 1.51. The molecule has 0 saturated carbocycles. The molecule has 0 bridgehead atoms. The average molecular weight is 265 g/mol. The number of methoxy groups -OCH3 is 1. The first-order chi connectivity index (χ1) is 9.02. The SMILES string of the molecule is COc1ccc(O)c(C(=O)N2CCC(O)C(C)C2)c1. The Morgan fingerprint density at radius 3 is 2.84 bits per heavy atom. The minimum Gasteiger partial charge on any atom is -0.507 e. The summed E-state index contributed by atoms with van der Waals surface area (Å²) in [6.07, 6.45) is 0.209. The molecule has 0 aromatic heterocycles. The van der Waals surface area contributed by atoms with Gasteiger partial charge in [-0.2, -0.15) is 0 Å². The Hall–Kier alpha value is -1.75. The van der Waals surface area contributed by atoms with Gasteiger partial charge in [0.05, 0.1) is 18.8 Å². The van der Waals surface area contributed by atoms with Gasteiger partial charge in [-0.1, -0.05) is 6.92 Å². The van der Waals surface area contributed by atoms with E-state index >= 15 is 0 Å². The number of amides is 1. The number of aliphatic hydroxyl groups is 1. The second-order valence-electron chi connectivity index (χ2n) is 4.97. The molecular formula is C14H19NO4. The van der Waals surface area contributed by atoms with Gasteiger partial charge in [0.25, 0.3) is 5.91 Å². The van der Waals surface area contributed by atoms with Crippen molar-refractivity contribution < 1.29 is 19.7 Å². The monoisotopic (exact) mass is 265 g/mol. The molecular weight excluding hydrogens is 246 g/mol. The number of piperidine rings is 1. The third kappa shape index (κ3) is 2.81. The number of phenolic OH excluding ortho intramolecular Hbond substituents is 1. The molecule has 0 radical (unpaired) electrons. The molecule has 104 valence electrons. The first kappa shape index (κ1) is 13.7. The highest BCUT2D eigenvalue weighted by molar-refractivity contribution is 5.97. The lowest BCUT2D eigenvalue weighted by atomic mass is 9.96. The third-order valence-corrected chi connectivity index (χ3v) is 3.58. The summed E-state index contributed by atoms with van der Waals surface area (Å²) in [6, 6.07) is 4.59. The number of hydrogen-bond acceptors (Lipinski definition) is 4. The third-order valence-electron chi connectivity index (χ3n) is 3.58. The van der Waals surface area contributed by atoms with E-state index in [1.165, 1.54) is 19.2 Å². The fourth-order valence-corrected chi connectivity index (χ4v) is 2.30. The number of hydrogen-bond donors (Lipinski definition) is 2. The first-order valence-electron chi connectivity index (χ1n) is 6.37. The van der Waals surface area contributed by atoms with Gasteiger partial charge < -0.3 is 19.8 Å². The average Bonchev–Trinajstić information content (AvgIpc) is 2.41. The number of phenols is 1. The second kappa shape index (κ2) is 5.48. The number of aliphatic hydroxyl groups excluding tert-OH is 1. The van der Waals surface area contributed by atoms with E-state index in [9.17, 15) is 15.0 Å². The maximum Gasteiger partial charge on any atom is 0.257 e. The van der Waals surface area contributed by atoms with E-state index in [0.29, 0.717) is 25.3 Å². The van der Waals surface area contributed by atoms with Crippen LogP contribution in [0.25, 0.3) is 0 Å². The molecule has 19 heavy (non-hydrogen) atoms. The number of ether oxygens (including phenoxy) is 1. The molecule has 1 aliphatic heterocycles. The molecule has 1 fully saturated rings. The first-order valence-corrected chi connectivity index (χ1v) is 6.37. The zero-order chi connectivity index (χ0) is 14.0. The van der Waals surface area contributed by atoms with Crippen LogP contribution in [0.15, 0.2) is 18.2 Å². The highest BCUT2D eigenvalue weighted by atomic mass is 16.5. The number of nitrogens with zero attached hydrogens (tertiary/aromatic N) is 1. The Balaban J connectivity index is 2.20. The van der Waals surface area contributed by atoms with Crippen molar-refractivity contribution in [3.8, 4) is 11.5 Å². The quantitative estimate of drug-likeness (QED) is 0.844. The summed E-state index contributed by atoms with van der Waals surface area (Å²) in [5.74, 6) is 0.302. The van der Waals surface area contributed by atoms with Crippen LogP contribution in [0.1, 0.15) is 23.7 Å². The fourth-order valence-electron chi connectivity index (χ4n) is 2.30. The lowest BCUT2D eigenvalue weighted by Gasteiger charge is -2.34. The lowest BCUT2D eigenvalue weighted by Crippen LogP contribution is -2.44. The number of likely N-dealkylation sites (tertiary alicyclic amines) is 1. The Labute approximate surface area is 112 Å². The highest BCUT2D eigenvalue weighted by Crippen LogP contribution is 2.26. The normalized spacial score (nSPS) is 23.2. The summed E-state index contributed by atoms with van der Waals surface area (Å²) in [5.41, 5.74) is 0.239. The number of aromatic hydroxyl groups is 1. The largest absolute Gasteiger partial charge is 0.507 e. The molecule has 0 spiro atoms. The number of carbonyl (C=O) groups is 1. The van der Waals surface area contributed by atoms with Gasteiger partial charge in [0, 0.05) is 13.1 Å². The molecule has 1 aromatic rings. The predicted octanol–water partition coefficient (Wildman–Crippen LogP) is 1.24. The van der Waals surface area contributed by atoms with Crippen LogP contribution in [0, 0.1) is 5.92 Å². The Kier molecular flexibility index (Phi) is 3.95. The molecule has 1 heterocycles. The van der Waals surface area contributed by atoms with Gasteiger partial charge in [-0.05, 0) is 30.5 Å². The van der Waals surface area contributed by atoms with Crippen LogP contribution in [0.4, 0.5) is 0 Å². The second-order valence-corrected chi connectivity index (χ2v) is 4.97. The van der Waals surface area contributed by atoms with Crippen LogP contribution in [0.3, 0.4) is 0 Å². The molecule has 1 saturated heterocycles. The molecule has 2 unspecified atom stereocenters. The molecule has 5 heteroatoms. The van der Waals surface area contributed by atoms with Gasteiger partial charge in [0.15, 0.2) is 0 Å². The van der Waals surface area contributed by atoms with Crippen LogP contribution >= 0.6 is 0 Å². The summed E-state index contributed by atoms with van der Waals surface area (Å²) < 4.78 is 5.06. The van der Waals surface area contributed by atoms with E-state index in [1.54, 1.807) is 11.0 Å². The van der Waals surface area contributed by atoms with E-state index < -0.39 is 0 Å². The van der Waals surface area contributed by atoms with Gasteiger partial charge in [-0.25, -0.2) is 0 Å². The maximum atomic E-state index is 12.4. The number of benzene rings is 1. The van der Waals surface area contributed by atoms with Crippen molar-refractivity contribution in [2.75, 3.05) is 20.2 Å². The van der Waals surface area contributed by atoms with Crippen molar-refractivity contribution in [1.82, 2.24) is 4.90 Å². The summed E-state index contributed by atoms with van der Waals surface area (Å²) in [4.78, 5) is 14.0. The van der Waals surface area contributed by atoms with Crippen LogP contribution < -0.4 is 4.74 Å². The Bertz CT molecular complexity index is 475. The van der Waals surface area contributed by atoms with Gasteiger partial charge in [-0.15, -0.1) is 0 Å².